The van der Waals surface area contributed by atoms with E-state index >= 15 is 0 Å². The molecule has 2 N–H and O–H groups in total. The second-order valence-corrected chi connectivity index (χ2v) is 5.91. The van der Waals surface area contributed by atoms with E-state index in [0.29, 0.717) is 25.3 Å². The van der Waals surface area contributed by atoms with Crippen LogP contribution in [0.15, 0.2) is 0 Å². The van der Waals surface area contributed by atoms with Crippen LogP contribution < -0.4 is 5.73 Å². The Morgan fingerprint density at radius 3 is 2.52 bits per heavy atom. The number of hydrogen-bond donors (Lipinski definition) is 1. The maximum atomic E-state index is 12.4. The van der Waals surface area contributed by atoms with Gasteiger partial charge in [0.2, 0.25) is 5.91 Å². The van der Waals surface area contributed by atoms with Crippen molar-refractivity contribution in [3.8, 4) is 0 Å². The van der Waals surface area contributed by atoms with Crippen molar-refractivity contribution in [2.75, 3.05) is 13.2 Å². The highest BCUT2D eigenvalue weighted by atomic mass is 16.5. The highest BCUT2D eigenvalue weighted by Gasteiger charge is 2.39. The molecule has 118 valence electrons. The molecule has 0 aromatic heterocycles. The Kier molecular flexibility index (Phi) is 5.33. The van der Waals surface area contributed by atoms with Crippen LogP contribution in [0.4, 0.5) is 0 Å². The lowest BCUT2D eigenvalue weighted by Gasteiger charge is -2.31. The Balaban J connectivity index is 1.94. The quantitative estimate of drug-likeness (QED) is 0.573. The molecule has 2 atom stereocenters. The summed E-state index contributed by atoms with van der Waals surface area (Å²) in [4.78, 5) is 37.5. The van der Waals surface area contributed by atoms with Crippen LogP contribution in [0.5, 0.6) is 0 Å². The predicted molar refractivity (Wildman–Crippen MR) is 76.3 cm³/mol. The van der Waals surface area contributed by atoms with Crippen LogP contribution in [0.25, 0.3) is 0 Å². The molecule has 1 aliphatic heterocycles. The SMILES string of the molecule is CCOC(=O)C(=O)[C@@H]1CCCN1C(=O)[C@H](N)CC1CCC1. The summed E-state index contributed by atoms with van der Waals surface area (Å²) in [5, 5.41) is 0. The minimum absolute atomic E-state index is 0.159. The predicted octanol–water partition coefficient (Wildman–Crippen LogP) is 0.627. The second kappa shape index (κ2) is 7.02. The Labute approximate surface area is 125 Å². The van der Waals surface area contributed by atoms with E-state index in [-0.39, 0.29) is 12.5 Å². The second-order valence-electron chi connectivity index (χ2n) is 5.91. The fraction of sp³-hybridized carbons (Fsp3) is 0.800. The molecule has 1 amide bonds. The average Bonchev–Trinajstić information content (AvgIpc) is 2.90. The van der Waals surface area contributed by atoms with Gasteiger partial charge in [-0.05, 0) is 32.1 Å². The van der Waals surface area contributed by atoms with E-state index in [2.05, 4.69) is 0 Å². The van der Waals surface area contributed by atoms with Crippen molar-refractivity contribution in [1.29, 1.82) is 0 Å². The van der Waals surface area contributed by atoms with Gasteiger partial charge in [0, 0.05) is 6.54 Å². The van der Waals surface area contributed by atoms with Crippen LogP contribution in [-0.4, -0.2) is 47.8 Å². The van der Waals surface area contributed by atoms with Gasteiger partial charge < -0.3 is 15.4 Å². The van der Waals surface area contributed by atoms with E-state index in [9.17, 15) is 14.4 Å². The van der Waals surface area contributed by atoms with Gasteiger partial charge in [-0.1, -0.05) is 19.3 Å². The van der Waals surface area contributed by atoms with Crippen LogP contribution >= 0.6 is 0 Å². The molecular formula is C15H24N2O4. The van der Waals surface area contributed by atoms with Gasteiger partial charge in [-0.25, -0.2) is 4.79 Å². The molecule has 6 heteroatoms. The fourth-order valence-corrected chi connectivity index (χ4v) is 3.04. The number of likely N-dealkylation sites (tertiary alicyclic amines) is 1. The van der Waals surface area contributed by atoms with Crippen molar-refractivity contribution in [3.05, 3.63) is 0 Å². The van der Waals surface area contributed by atoms with Crippen LogP contribution in [0, 0.1) is 5.92 Å². The first-order chi connectivity index (χ1) is 10.0. The van der Waals surface area contributed by atoms with E-state index in [1.807, 2.05) is 0 Å². The molecule has 0 aromatic rings. The van der Waals surface area contributed by atoms with Gasteiger partial charge in [0.1, 0.15) is 6.04 Å². The molecular weight excluding hydrogens is 272 g/mol. The van der Waals surface area contributed by atoms with Crippen molar-refractivity contribution in [1.82, 2.24) is 4.90 Å². The van der Waals surface area contributed by atoms with Crippen molar-refractivity contribution in [2.24, 2.45) is 11.7 Å². The Morgan fingerprint density at radius 1 is 1.24 bits per heavy atom. The number of Topliss-reactive ketones (excluding diaryl/α,β-unsaturated/α-hetero) is 1. The molecule has 0 unspecified atom stereocenters. The maximum absolute atomic E-state index is 12.4. The zero-order valence-corrected chi connectivity index (χ0v) is 12.5. The Bertz CT molecular complexity index is 420. The van der Waals surface area contributed by atoms with Crippen LogP contribution in [0.1, 0.15) is 45.4 Å². The summed E-state index contributed by atoms with van der Waals surface area (Å²) in [6.45, 7) is 2.30. The van der Waals surface area contributed by atoms with Crippen molar-refractivity contribution >= 4 is 17.7 Å². The average molecular weight is 296 g/mol. The third-order valence-electron chi connectivity index (χ3n) is 4.44. The van der Waals surface area contributed by atoms with Gasteiger partial charge in [-0.3, -0.25) is 9.59 Å². The first kappa shape index (κ1) is 15.9. The molecule has 2 aliphatic rings. The Hall–Kier alpha value is -1.43. The lowest BCUT2D eigenvalue weighted by atomic mass is 9.81. The third kappa shape index (κ3) is 3.61. The Morgan fingerprint density at radius 2 is 1.95 bits per heavy atom. The number of nitrogens with two attached hydrogens (primary N) is 1. The lowest BCUT2D eigenvalue weighted by molar-refractivity contribution is -0.156. The third-order valence-corrected chi connectivity index (χ3v) is 4.44. The van der Waals surface area contributed by atoms with Gasteiger partial charge in [-0.2, -0.15) is 0 Å². The number of esters is 1. The highest BCUT2D eigenvalue weighted by molar-refractivity contribution is 6.36. The first-order valence-electron chi connectivity index (χ1n) is 7.81. The minimum atomic E-state index is -0.852. The van der Waals surface area contributed by atoms with Crippen molar-refractivity contribution in [3.63, 3.8) is 0 Å². The molecule has 2 fully saturated rings. The monoisotopic (exact) mass is 296 g/mol. The maximum Gasteiger partial charge on any atom is 0.376 e. The summed E-state index contributed by atoms with van der Waals surface area (Å²) in [5.41, 5.74) is 5.99. The minimum Gasteiger partial charge on any atom is -0.460 e. The molecule has 2 rings (SSSR count). The highest BCUT2D eigenvalue weighted by Crippen LogP contribution is 2.31. The molecule has 21 heavy (non-hydrogen) atoms. The summed E-state index contributed by atoms with van der Waals surface area (Å²) >= 11 is 0. The molecule has 0 bridgehead atoms. The summed E-state index contributed by atoms with van der Waals surface area (Å²) in [6, 6.07) is -1.25. The molecule has 1 saturated heterocycles. The molecule has 1 saturated carbocycles. The number of hydrogen-bond acceptors (Lipinski definition) is 5. The lowest BCUT2D eigenvalue weighted by Crippen LogP contribution is -2.50. The van der Waals surface area contributed by atoms with E-state index in [1.165, 1.54) is 11.3 Å². The molecule has 6 nitrogen and oxygen atoms in total. The molecule has 0 spiro atoms. The molecule has 0 radical (unpaired) electrons. The van der Waals surface area contributed by atoms with Crippen LogP contribution in [0.2, 0.25) is 0 Å². The van der Waals surface area contributed by atoms with Crippen LogP contribution in [-0.2, 0) is 19.1 Å². The van der Waals surface area contributed by atoms with Gasteiger partial charge >= 0.3 is 5.97 Å². The number of ether oxygens (including phenoxy) is 1. The van der Waals surface area contributed by atoms with Gasteiger partial charge in [0.05, 0.1) is 12.6 Å². The van der Waals surface area contributed by atoms with Crippen molar-refractivity contribution < 1.29 is 19.1 Å². The van der Waals surface area contributed by atoms with Gasteiger partial charge in [0.15, 0.2) is 0 Å². The standard InChI is InChI=1S/C15H24N2O4/c1-2-21-15(20)13(18)12-7-4-8-17(12)14(19)11(16)9-10-5-3-6-10/h10-12H,2-9,16H2,1H3/t11-,12+/m1/s1. The number of rotatable bonds is 6. The topological polar surface area (TPSA) is 89.7 Å². The number of ketones is 1. The molecule has 1 aliphatic carbocycles. The number of amides is 1. The number of carbonyl (C=O) groups excluding carboxylic acids is 3. The summed E-state index contributed by atoms with van der Waals surface area (Å²) in [6.07, 6.45) is 5.38. The van der Waals surface area contributed by atoms with E-state index < -0.39 is 23.8 Å². The smallest absolute Gasteiger partial charge is 0.376 e. The van der Waals surface area contributed by atoms with Crippen LogP contribution in [0.3, 0.4) is 0 Å². The zero-order valence-electron chi connectivity index (χ0n) is 12.5. The van der Waals surface area contributed by atoms with Crippen molar-refractivity contribution in [2.45, 2.75) is 57.5 Å². The molecule has 0 aromatic carbocycles. The van der Waals surface area contributed by atoms with E-state index in [1.54, 1.807) is 6.92 Å². The zero-order chi connectivity index (χ0) is 15.4. The van der Waals surface area contributed by atoms with Gasteiger partial charge in [0.25, 0.3) is 5.78 Å². The van der Waals surface area contributed by atoms with Gasteiger partial charge in [-0.15, -0.1) is 0 Å². The largest absolute Gasteiger partial charge is 0.460 e. The first-order valence-corrected chi connectivity index (χ1v) is 7.81. The van der Waals surface area contributed by atoms with E-state index in [4.69, 9.17) is 10.5 Å². The number of nitrogens with zero attached hydrogens (tertiary/aromatic N) is 1. The summed E-state index contributed by atoms with van der Waals surface area (Å²) in [5.74, 6) is -1.15. The molecule has 1 heterocycles. The summed E-state index contributed by atoms with van der Waals surface area (Å²) in [7, 11) is 0. The normalized spacial score (nSPS) is 23.5. The summed E-state index contributed by atoms with van der Waals surface area (Å²) < 4.78 is 4.74. The number of carbonyl (C=O) groups is 3. The fourth-order valence-electron chi connectivity index (χ4n) is 3.04. The van der Waals surface area contributed by atoms with E-state index in [0.717, 1.165) is 19.3 Å².